The predicted octanol–water partition coefficient (Wildman–Crippen LogP) is 4.59. The molecule has 8 nitrogen and oxygen atoms in total. The maximum atomic E-state index is 13.7. The minimum atomic E-state index is -0.575. The number of piperidine rings is 1. The van der Waals surface area contributed by atoms with E-state index in [0.717, 1.165) is 5.56 Å². The molecular formula is C30H29ClFN5O3. The summed E-state index contributed by atoms with van der Waals surface area (Å²) in [6.45, 7) is 2.17. The van der Waals surface area contributed by atoms with Crippen molar-refractivity contribution in [3.63, 3.8) is 0 Å². The lowest BCUT2D eigenvalue weighted by molar-refractivity contribution is -0.135. The Kier molecular flexibility index (Phi) is 8.17. The molecule has 0 saturated carbocycles. The Balaban J connectivity index is 1.28. The van der Waals surface area contributed by atoms with E-state index in [1.54, 1.807) is 19.4 Å². The minimum absolute atomic E-state index is 0.0740. The number of benzene rings is 2. The van der Waals surface area contributed by atoms with Gasteiger partial charge in [-0.25, -0.2) is 14.2 Å². The van der Waals surface area contributed by atoms with Crippen LogP contribution in [0, 0.1) is 24.1 Å². The zero-order chi connectivity index (χ0) is 28.2. The molecule has 10 heteroatoms. The van der Waals surface area contributed by atoms with Gasteiger partial charge in [0.15, 0.2) is 0 Å². The van der Waals surface area contributed by atoms with E-state index < -0.39 is 11.9 Å². The number of hydrogen-bond donors (Lipinski definition) is 0. The second-order valence-electron chi connectivity index (χ2n) is 10.1. The smallest absolute Gasteiger partial charge is 0.410 e. The number of anilines is 1. The van der Waals surface area contributed by atoms with Crippen molar-refractivity contribution in [3.8, 4) is 18.1 Å². The van der Waals surface area contributed by atoms with Gasteiger partial charge in [0.2, 0.25) is 5.91 Å². The third-order valence-electron chi connectivity index (χ3n) is 7.64. The molecule has 0 unspecified atom stereocenters. The van der Waals surface area contributed by atoms with Crippen molar-refractivity contribution >= 4 is 29.4 Å². The van der Waals surface area contributed by atoms with Crippen LogP contribution >= 0.6 is 11.6 Å². The Labute approximate surface area is 237 Å². The zero-order valence-corrected chi connectivity index (χ0v) is 22.8. The van der Waals surface area contributed by atoms with E-state index in [2.05, 4.69) is 20.8 Å². The van der Waals surface area contributed by atoms with Gasteiger partial charge < -0.3 is 19.4 Å². The van der Waals surface area contributed by atoms with Crippen molar-refractivity contribution in [2.24, 2.45) is 5.92 Å². The zero-order valence-electron chi connectivity index (χ0n) is 22.0. The lowest BCUT2D eigenvalue weighted by Gasteiger charge is -2.34. The summed E-state index contributed by atoms with van der Waals surface area (Å²) in [6.07, 6.45) is 9.47. The highest BCUT2D eigenvalue weighted by atomic mass is 35.5. The van der Waals surface area contributed by atoms with E-state index in [4.69, 9.17) is 22.8 Å². The van der Waals surface area contributed by atoms with Crippen LogP contribution in [0.25, 0.3) is 0 Å². The molecule has 2 amide bonds. The van der Waals surface area contributed by atoms with Gasteiger partial charge in [0.25, 0.3) is 0 Å². The Morgan fingerprint density at radius 2 is 1.77 bits per heavy atom. The molecule has 0 bridgehead atoms. The van der Waals surface area contributed by atoms with Crippen LogP contribution in [0.2, 0.25) is 5.02 Å². The monoisotopic (exact) mass is 561 g/mol. The summed E-state index contributed by atoms with van der Waals surface area (Å²) < 4.78 is 18.8. The molecule has 2 saturated heterocycles. The molecule has 5 rings (SSSR count). The molecule has 2 fully saturated rings. The second kappa shape index (κ2) is 11.9. The second-order valence-corrected chi connectivity index (χ2v) is 10.5. The van der Waals surface area contributed by atoms with Gasteiger partial charge >= 0.3 is 6.09 Å². The molecule has 0 N–H and O–H groups in total. The number of carbonyl (C=O) groups is 2. The Hall–Kier alpha value is -4.16. The van der Waals surface area contributed by atoms with Crippen LogP contribution in [0.4, 0.5) is 15.0 Å². The quantitative estimate of drug-likeness (QED) is 0.424. The van der Waals surface area contributed by atoms with Gasteiger partial charge in [-0.2, -0.15) is 0 Å². The van der Waals surface area contributed by atoms with Crippen LogP contribution in [-0.2, 0) is 4.79 Å². The number of nitrogens with zero attached hydrogens (tertiary/aromatic N) is 5. The van der Waals surface area contributed by atoms with Gasteiger partial charge in [-0.3, -0.25) is 9.78 Å². The largest absolute Gasteiger partial charge is 0.415 e. The van der Waals surface area contributed by atoms with Crippen LogP contribution in [0.3, 0.4) is 0 Å². The molecule has 2 atom stereocenters. The fraction of sp³-hybridized carbons (Fsp3) is 0.333. The van der Waals surface area contributed by atoms with Crippen molar-refractivity contribution in [3.05, 3.63) is 83.0 Å². The van der Waals surface area contributed by atoms with Crippen LogP contribution in [-0.4, -0.2) is 71.0 Å². The number of hydrogen-bond acceptors (Lipinski definition) is 6. The van der Waals surface area contributed by atoms with Gasteiger partial charge in [0, 0.05) is 50.1 Å². The van der Waals surface area contributed by atoms with Crippen LogP contribution in [0.1, 0.15) is 30.0 Å². The molecule has 3 aromatic rings. The summed E-state index contributed by atoms with van der Waals surface area (Å²) in [7, 11) is 1.66. The van der Waals surface area contributed by atoms with E-state index in [9.17, 15) is 14.0 Å². The summed E-state index contributed by atoms with van der Waals surface area (Å²) in [5, 5.41) is 0.611. The molecule has 0 radical (unpaired) electrons. The first-order valence-corrected chi connectivity index (χ1v) is 13.5. The Morgan fingerprint density at radius 3 is 2.45 bits per heavy atom. The Morgan fingerprint density at radius 1 is 1.07 bits per heavy atom. The number of ether oxygens (including phenoxy) is 1. The highest BCUT2D eigenvalue weighted by Gasteiger charge is 2.42. The standard InChI is InChI=1S/C30H29ClFN5O3/c1-3-24-16-33-17-28(34-24)36-14-12-21(13-15-36)29(38)37-18-26(20-4-6-22(31)7-5-20)27(19-37)35(2)30(39)40-25-10-8-23(32)9-11-25/h1,4-11,16-17,21,26-27H,12-15,18-19H2,2H3/t26-,27+/m0/s1. The van der Waals surface area contributed by atoms with Gasteiger partial charge in [-0.15, -0.1) is 6.42 Å². The summed E-state index contributed by atoms with van der Waals surface area (Å²) in [5.74, 6) is 2.86. The fourth-order valence-electron chi connectivity index (χ4n) is 5.40. The number of amides is 2. The molecule has 2 aliphatic rings. The fourth-order valence-corrected chi connectivity index (χ4v) is 5.52. The molecule has 2 aromatic carbocycles. The van der Waals surface area contributed by atoms with E-state index in [1.165, 1.54) is 29.2 Å². The van der Waals surface area contributed by atoms with Gasteiger partial charge in [0.05, 0.1) is 18.4 Å². The van der Waals surface area contributed by atoms with Crippen LogP contribution in [0.15, 0.2) is 60.9 Å². The summed E-state index contributed by atoms with van der Waals surface area (Å²) in [5.41, 5.74) is 1.46. The predicted molar refractivity (Wildman–Crippen MR) is 150 cm³/mol. The number of likely N-dealkylation sites (N-methyl/N-ethyl adjacent to an activating group) is 1. The highest BCUT2D eigenvalue weighted by molar-refractivity contribution is 6.30. The van der Waals surface area contributed by atoms with E-state index in [1.807, 2.05) is 29.2 Å². The number of rotatable bonds is 5. The number of terminal acetylenes is 1. The maximum Gasteiger partial charge on any atom is 0.415 e. The summed E-state index contributed by atoms with van der Waals surface area (Å²) in [6, 6.07) is 12.4. The van der Waals surface area contributed by atoms with Gasteiger partial charge in [0.1, 0.15) is 23.1 Å². The normalized spacial score (nSPS) is 19.2. The molecule has 2 aliphatic heterocycles. The molecule has 40 heavy (non-hydrogen) atoms. The maximum absolute atomic E-state index is 13.7. The van der Waals surface area contributed by atoms with Crippen LogP contribution in [0.5, 0.6) is 5.75 Å². The molecule has 1 aromatic heterocycles. The average molecular weight is 562 g/mol. The SMILES string of the molecule is C#Cc1cncc(N2CCC(C(=O)N3C[C@@H](N(C)C(=O)Oc4ccc(F)cc4)[C@H](c4ccc(Cl)cc4)C3)CC2)n1. The van der Waals surface area contributed by atoms with Crippen molar-refractivity contribution in [1.82, 2.24) is 19.8 Å². The topological polar surface area (TPSA) is 78.9 Å². The first-order chi connectivity index (χ1) is 19.3. The minimum Gasteiger partial charge on any atom is -0.410 e. The molecule has 3 heterocycles. The highest BCUT2D eigenvalue weighted by Crippen LogP contribution is 2.34. The van der Waals surface area contributed by atoms with Gasteiger partial charge in [-0.05, 0) is 60.7 Å². The summed E-state index contributed by atoms with van der Waals surface area (Å²) in [4.78, 5) is 40.9. The first kappa shape index (κ1) is 27.4. The molecule has 0 aliphatic carbocycles. The van der Waals surface area contributed by atoms with Crippen molar-refractivity contribution in [1.29, 1.82) is 0 Å². The Bertz CT molecular complexity index is 1400. The number of aromatic nitrogens is 2. The number of likely N-dealkylation sites (tertiary alicyclic amines) is 1. The van der Waals surface area contributed by atoms with E-state index >= 15 is 0 Å². The third-order valence-corrected chi connectivity index (χ3v) is 7.89. The lowest BCUT2D eigenvalue weighted by atomic mass is 9.93. The third kappa shape index (κ3) is 6.02. The van der Waals surface area contributed by atoms with Crippen molar-refractivity contribution in [2.45, 2.75) is 24.8 Å². The number of carbonyl (C=O) groups excluding carboxylic acids is 2. The van der Waals surface area contributed by atoms with Gasteiger partial charge in [-0.1, -0.05) is 23.7 Å². The first-order valence-electron chi connectivity index (χ1n) is 13.1. The molecular weight excluding hydrogens is 533 g/mol. The lowest BCUT2D eigenvalue weighted by Crippen LogP contribution is -2.45. The number of halogens is 2. The summed E-state index contributed by atoms with van der Waals surface area (Å²) >= 11 is 6.12. The molecule has 0 spiro atoms. The van der Waals surface area contributed by atoms with E-state index in [-0.39, 0.29) is 29.5 Å². The van der Waals surface area contributed by atoms with Crippen molar-refractivity contribution in [2.75, 3.05) is 38.1 Å². The van der Waals surface area contributed by atoms with Crippen molar-refractivity contribution < 1.29 is 18.7 Å². The molecule has 206 valence electrons. The van der Waals surface area contributed by atoms with Crippen LogP contribution < -0.4 is 9.64 Å². The van der Waals surface area contributed by atoms with E-state index in [0.29, 0.717) is 55.6 Å². The average Bonchev–Trinajstić information content (AvgIpc) is 3.43.